The number of guanidine groups is 1. The standard InChI is InChI=1S/C25H33FN4O2/c1-15(2)25(5)13-22(31)30(24(27)29-25)14-18-11-20(16(3)21(26)12-18)23(32)28-17(4)19-9-7-6-8-10-19/h6-12,15,17,23,28,32H,13-14H2,1-5H3,(H2,27,29)/t17-,23?,25-/m0/s1. The van der Waals surface area contributed by atoms with Gasteiger partial charge in [0.2, 0.25) is 5.91 Å². The molecule has 0 fully saturated rings. The number of carbonyl (C=O) groups excluding carboxylic acids is 1. The van der Waals surface area contributed by atoms with Crippen LogP contribution in [0.5, 0.6) is 0 Å². The van der Waals surface area contributed by atoms with Gasteiger partial charge >= 0.3 is 0 Å². The monoisotopic (exact) mass is 440 g/mol. The Morgan fingerprint density at radius 2 is 1.91 bits per heavy atom. The van der Waals surface area contributed by atoms with Gasteiger partial charge in [-0.05, 0) is 55.5 Å². The summed E-state index contributed by atoms with van der Waals surface area (Å²) in [7, 11) is 0. The van der Waals surface area contributed by atoms with Crippen LogP contribution in [0.2, 0.25) is 0 Å². The third-order valence-electron chi connectivity index (χ3n) is 6.49. The summed E-state index contributed by atoms with van der Waals surface area (Å²) in [6.45, 7) is 9.58. The highest BCUT2D eigenvalue weighted by Gasteiger charge is 2.38. The lowest BCUT2D eigenvalue weighted by Crippen LogP contribution is -2.51. The Morgan fingerprint density at radius 3 is 2.50 bits per heavy atom. The fourth-order valence-corrected chi connectivity index (χ4v) is 3.87. The van der Waals surface area contributed by atoms with E-state index in [9.17, 15) is 14.3 Å². The molecule has 0 aromatic heterocycles. The van der Waals surface area contributed by atoms with E-state index in [-0.39, 0.29) is 36.8 Å². The number of aliphatic hydroxyl groups is 1. The number of hydrogen-bond acceptors (Lipinski definition) is 5. The lowest BCUT2D eigenvalue weighted by atomic mass is 9.84. The molecule has 0 spiro atoms. The van der Waals surface area contributed by atoms with Crippen molar-refractivity contribution in [3.63, 3.8) is 0 Å². The first-order chi connectivity index (χ1) is 15.0. The average molecular weight is 441 g/mol. The van der Waals surface area contributed by atoms with Crippen molar-refractivity contribution in [1.29, 1.82) is 0 Å². The number of rotatable bonds is 7. The van der Waals surface area contributed by atoms with E-state index in [0.717, 1.165) is 5.56 Å². The predicted octanol–water partition coefficient (Wildman–Crippen LogP) is 3.94. The summed E-state index contributed by atoms with van der Waals surface area (Å²) < 4.78 is 14.7. The van der Waals surface area contributed by atoms with Crippen LogP contribution in [-0.4, -0.2) is 27.4 Å². The minimum atomic E-state index is -1.08. The van der Waals surface area contributed by atoms with Crippen LogP contribution in [0.1, 0.15) is 68.6 Å². The molecule has 1 heterocycles. The van der Waals surface area contributed by atoms with Crippen LogP contribution in [0.4, 0.5) is 4.39 Å². The van der Waals surface area contributed by atoms with Crippen molar-refractivity contribution in [2.75, 3.05) is 0 Å². The van der Waals surface area contributed by atoms with E-state index >= 15 is 0 Å². The molecule has 0 aliphatic carbocycles. The number of nitrogens with two attached hydrogens (primary N) is 1. The molecule has 7 heteroatoms. The Hall–Kier alpha value is -2.77. The molecule has 1 aliphatic rings. The molecule has 6 nitrogen and oxygen atoms in total. The van der Waals surface area contributed by atoms with Gasteiger partial charge in [-0.15, -0.1) is 0 Å². The minimum absolute atomic E-state index is 0.0908. The van der Waals surface area contributed by atoms with Gasteiger partial charge in [0.1, 0.15) is 12.0 Å². The third-order valence-corrected chi connectivity index (χ3v) is 6.49. The zero-order chi connectivity index (χ0) is 23.6. The largest absolute Gasteiger partial charge is 0.374 e. The van der Waals surface area contributed by atoms with Crippen molar-refractivity contribution in [3.8, 4) is 0 Å². The molecule has 0 saturated carbocycles. The fraction of sp³-hybridized carbons (Fsp3) is 0.440. The van der Waals surface area contributed by atoms with Crippen molar-refractivity contribution in [3.05, 3.63) is 70.5 Å². The molecule has 2 aromatic carbocycles. The van der Waals surface area contributed by atoms with E-state index in [1.807, 2.05) is 58.0 Å². The van der Waals surface area contributed by atoms with Crippen molar-refractivity contribution in [1.82, 2.24) is 10.2 Å². The zero-order valence-electron chi connectivity index (χ0n) is 19.4. The first-order valence-corrected chi connectivity index (χ1v) is 11.0. The number of hydrogen-bond donors (Lipinski definition) is 3. The van der Waals surface area contributed by atoms with E-state index in [1.54, 1.807) is 13.0 Å². The maximum absolute atomic E-state index is 14.7. The number of amides is 1. The molecule has 4 N–H and O–H groups in total. The lowest BCUT2D eigenvalue weighted by molar-refractivity contribution is -0.130. The van der Waals surface area contributed by atoms with Gasteiger partial charge in [0.05, 0.1) is 18.5 Å². The molecule has 0 saturated heterocycles. The molecule has 3 rings (SSSR count). The summed E-state index contributed by atoms with van der Waals surface area (Å²) in [4.78, 5) is 18.7. The molecule has 3 atom stereocenters. The van der Waals surface area contributed by atoms with Crippen molar-refractivity contribution in [2.45, 2.75) is 65.4 Å². The number of aliphatic imine (C=N–C) groups is 1. The summed E-state index contributed by atoms with van der Waals surface area (Å²) in [6, 6.07) is 12.7. The van der Waals surface area contributed by atoms with Gasteiger partial charge in [-0.3, -0.25) is 15.0 Å². The number of nitrogens with one attached hydrogen (secondary N) is 1. The summed E-state index contributed by atoms with van der Waals surface area (Å²) in [6.07, 6.45) is -0.835. The van der Waals surface area contributed by atoms with Crippen molar-refractivity contribution in [2.24, 2.45) is 16.6 Å². The second-order valence-electron chi connectivity index (χ2n) is 9.13. The molecule has 1 unspecified atom stereocenters. The van der Waals surface area contributed by atoms with Gasteiger partial charge in [-0.1, -0.05) is 44.2 Å². The van der Waals surface area contributed by atoms with E-state index < -0.39 is 17.6 Å². The smallest absolute Gasteiger partial charge is 0.232 e. The van der Waals surface area contributed by atoms with E-state index in [2.05, 4.69) is 10.3 Å². The third kappa shape index (κ3) is 5.00. The number of nitrogens with zero attached hydrogens (tertiary/aromatic N) is 2. The van der Waals surface area contributed by atoms with Crippen molar-refractivity contribution < 1.29 is 14.3 Å². The lowest BCUT2D eigenvalue weighted by Gasteiger charge is -2.37. The van der Waals surface area contributed by atoms with E-state index in [4.69, 9.17) is 5.73 Å². The van der Waals surface area contributed by atoms with Gasteiger partial charge in [0, 0.05) is 11.6 Å². The Morgan fingerprint density at radius 1 is 1.25 bits per heavy atom. The predicted molar refractivity (Wildman–Crippen MR) is 124 cm³/mol. The van der Waals surface area contributed by atoms with Crippen LogP contribution in [-0.2, 0) is 11.3 Å². The molecule has 1 aliphatic heterocycles. The Kier molecular flexibility index (Phi) is 7.00. The number of carbonyl (C=O) groups is 1. The zero-order valence-corrected chi connectivity index (χ0v) is 19.4. The molecule has 32 heavy (non-hydrogen) atoms. The number of halogens is 1. The molecule has 172 valence electrons. The summed E-state index contributed by atoms with van der Waals surface area (Å²) >= 11 is 0. The highest BCUT2D eigenvalue weighted by molar-refractivity contribution is 5.99. The summed E-state index contributed by atoms with van der Waals surface area (Å²) in [5.74, 6) is -0.301. The molecule has 2 aromatic rings. The van der Waals surface area contributed by atoms with Gasteiger partial charge in [0.15, 0.2) is 5.96 Å². The van der Waals surface area contributed by atoms with Crippen LogP contribution in [0.15, 0.2) is 47.5 Å². The second kappa shape index (κ2) is 9.38. The first-order valence-electron chi connectivity index (χ1n) is 11.0. The van der Waals surface area contributed by atoms with Gasteiger partial charge in [-0.2, -0.15) is 0 Å². The van der Waals surface area contributed by atoms with Crippen LogP contribution in [0.25, 0.3) is 0 Å². The average Bonchev–Trinajstić information content (AvgIpc) is 2.73. The second-order valence-corrected chi connectivity index (χ2v) is 9.13. The normalized spacial score (nSPS) is 20.9. The first kappa shape index (κ1) is 23.9. The Labute approximate surface area is 189 Å². The Balaban J connectivity index is 1.83. The minimum Gasteiger partial charge on any atom is -0.374 e. The van der Waals surface area contributed by atoms with Gasteiger partial charge in [-0.25, -0.2) is 9.38 Å². The molecule has 0 radical (unpaired) electrons. The maximum atomic E-state index is 14.7. The maximum Gasteiger partial charge on any atom is 0.232 e. The van der Waals surface area contributed by atoms with Crippen LogP contribution in [0, 0.1) is 18.7 Å². The number of aliphatic hydroxyl groups excluding tert-OH is 1. The quantitative estimate of drug-likeness (QED) is 0.569. The van der Waals surface area contributed by atoms with E-state index in [1.165, 1.54) is 11.0 Å². The molecular formula is C25H33FN4O2. The van der Waals surface area contributed by atoms with Crippen LogP contribution in [0.3, 0.4) is 0 Å². The molecular weight excluding hydrogens is 407 g/mol. The van der Waals surface area contributed by atoms with Gasteiger partial charge in [0.25, 0.3) is 0 Å². The fourth-order valence-electron chi connectivity index (χ4n) is 3.87. The van der Waals surface area contributed by atoms with Crippen LogP contribution >= 0.6 is 0 Å². The molecule has 1 amide bonds. The SMILES string of the molecule is Cc1c(F)cc(CN2C(=O)C[C@@](C)(C(C)C)N=C2N)cc1C(O)N[C@@H](C)c1ccccc1. The summed E-state index contributed by atoms with van der Waals surface area (Å²) in [5, 5.41) is 13.9. The van der Waals surface area contributed by atoms with E-state index in [0.29, 0.717) is 16.7 Å². The Bertz CT molecular complexity index is 1010. The highest BCUT2D eigenvalue weighted by atomic mass is 19.1. The topological polar surface area (TPSA) is 91.0 Å². The van der Waals surface area contributed by atoms with Crippen LogP contribution < -0.4 is 11.1 Å². The molecule has 0 bridgehead atoms. The van der Waals surface area contributed by atoms with Gasteiger partial charge < -0.3 is 10.8 Å². The summed E-state index contributed by atoms with van der Waals surface area (Å²) in [5.41, 5.74) is 7.91. The highest BCUT2D eigenvalue weighted by Crippen LogP contribution is 2.31. The number of benzene rings is 2. The van der Waals surface area contributed by atoms with Crippen molar-refractivity contribution >= 4 is 11.9 Å².